The lowest BCUT2D eigenvalue weighted by atomic mass is 10.1. The van der Waals surface area contributed by atoms with E-state index in [2.05, 4.69) is 0 Å². The summed E-state index contributed by atoms with van der Waals surface area (Å²) in [6.07, 6.45) is 1.92. The van der Waals surface area contributed by atoms with Crippen molar-refractivity contribution in [3.05, 3.63) is 99.4 Å². The predicted octanol–water partition coefficient (Wildman–Crippen LogP) is 3.56. The standard InChI is InChI=1S/C26H30N4O5/c1-20-11-12-22(16-24(20)30(33)34)26(32)28(14-15-35-3)19-25(31)29(17-21-8-5-4-6-9-21)18-23-10-7-13-27(23)2/h4-13,16H,14-15,17-19H2,1-3H3. The minimum Gasteiger partial charge on any atom is -0.383 e. The molecule has 0 bridgehead atoms. The number of carbonyl (C=O) groups excluding carboxylic acids is 2. The first-order valence-corrected chi connectivity index (χ1v) is 11.2. The number of aryl methyl sites for hydroxylation is 2. The molecule has 184 valence electrons. The van der Waals surface area contributed by atoms with E-state index < -0.39 is 10.8 Å². The first-order chi connectivity index (χ1) is 16.8. The third-order valence-electron chi connectivity index (χ3n) is 5.80. The average Bonchev–Trinajstić information content (AvgIpc) is 3.25. The molecule has 0 N–H and O–H groups in total. The molecule has 0 unspecified atom stereocenters. The van der Waals surface area contributed by atoms with E-state index in [1.54, 1.807) is 24.0 Å². The molecule has 0 saturated heterocycles. The summed E-state index contributed by atoms with van der Waals surface area (Å²) in [7, 11) is 3.43. The van der Waals surface area contributed by atoms with Gasteiger partial charge in [0.1, 0.15) is 6.54 Å². The third-order valence-corrected chi connectivity index (χ3v) is 5.80. The zero-order valence-corrected chi connectivity index (χ0v) is 20.2. The van der Waals surface area contributed by atoms with Crippen LogP contribution in [0.1, 0.15) is 27.2 Å². The monoisotopic (exact) mass is 478 g/mol. The Hall–Kier alpha value is -3.98. The molecule has 9 heteroatoms. The second-order valence-electron chi connectivity index (χ2n) is 8.32. The molecule has 0 aliphatic carbocycles. The molecular formula is C26H30N4O5. The number of hydrogen-bond donors (Lipinski definition) is 0. The SMILES string of the molecule is COCCN(CC(=O)N(Cc1ccccc1)Cc1cccn1C)C(=O)c1ccc(C)c([N+](=O)[O-])c1. The molecule has 2 amide bonds. The van der Waals surface area contributed by atoms with Crippen LogP contribution in [0, 0.1) is 17.0 Å². The van der Waals surface area contributed by atoms with Gasteiger partial charge in [-0.1, -0.05) is 36.4 Å². The van der Waals surface area contributed by atoms with E-state index in [0.717, 1.165) is 11.3 Å². The molecule has 3 rings (SSSR count). The molecule has 0 aliphatic heterocycles. The summed E-state index contributed by atoms with van der Waals surface area (Å²) in [5.74, 6) is -0.696. The van der Waals surface area contributed by atoms with Crippen molar-refractivity contribution in [3.63, 3.8) is 0 Å². The van der Waals surface area contributed by atoms with Crippen LogP contribution in [0.4, 0.5) is 5.69 Å². The molecule has 0 aliphatic rings. The van der Waals surface area contributed by atoms with Crippen molar-refractivity contribution < 1.29 is 19.2 Å². The average molecular weight is 479 g/mol. The second kappa shape index (κ2) is 11.9. The van der Waals surface area contributed by atoms with Gasteiger partial charge in [0.05, 0.1) is 18.1 Å². The summed E-state index contributed by atoms with van der Waals surface area (Å²) in [5, 5.41) is 11.4. The smallest absolute Gasteiger partial charge is 0.273 e. The molecule has 35 heavy (non-hydrogen) atoms. The predicted molar refractivity (Wildman–Crippen MR) is 132 cm³/mol. The maximum atomic E-state index is 13.5. The lowest BCUT2D eigenvalue weighted by molar-refractivity contribution is -0.385. The molecule has 0 atom stereocenters. The number of nitrogens with zero attached hydrogens (tertiary/aromatic N) is 4. The Bertz CT molecular complexity index is 1180. The van der Waals surface area contributed by atoms with Crippen LogP contribution in [-0.2, 0) is 29.7 Å². The Labute approximate surface area is 204 Å². The van der Waals surface area contributed by atoms with Crippen LogP contribution >= 0.6 is 0 Å². The fraction of sp³-hybridized carbons (Fsp3) is 0.308. The van der Waals surface area contributed by atoms with Crippen molar-refractivity contribution in [2.24, 2.45) is 7.05 Å². The van der Waals surface area contributed by atoms with Crippen molar-refractivity contribution in [3.8, 4) is 0 Å². The second-order valence-corrected chi connectivity index (χ2v) is 8.32. The van der Waals surface area contributed by atoms with Crippen molar-refractivity contribution >= 4 is 17.5 Å². The lowest BCUT2D eigenvalue weighted by Gasteiger charge is -2.28. The van der Waals surface area contributed by atoms with E-state index in [0.29, 0.717) is 18.7 Å². The van der Waals surface area contributed by atoms with Crippen molar-refractivity contribution in [2.45, 2.75) is 20.0 Å². The van der Waals surface area contributed by atoms with Crippen LogP contribution in [0.15, 0.2) is 66.9 Å². The minimum atomic E-state index is -0.516. The van der Waals surface area contributed by atoms with Crippen LogP contribution in [0.5, 0.6) is 0 Å². The van der Waals surface area contributed by atoms with Gasteiger partial charge in [0.25, 0.3) is 11.6 Å². The Morgan fingerprint density at radius 3 is 2.40 bits per heavy atom. The molecule has 0 radical (unpaired) electrons. The molecule has 0 saturated carbocycles. The highest BCUT2D eigenvalue weighted by molar-refractivity contribution is 5.97. The Morgan fingerprint density at radius 1 is 1.03 bits per heavy atom. The normalized spacial score (nSPS) is 10.7. The van der Waals surface area contributed by atoms with E-state index in [1.165, 1.54) is 18.1 Å². The van der Waals surface area contributed by atoms with Gasteiger partial charge in [0.15, 0.2) is 0 Å². The summed E-state index contributed by atoms with van der Waals surface area (Å²) < 4.78 is 7.10. The van der Waals surface area contributed by atoms with Crippen molar-refractivity contribution in [1.82, 2.24) is 14.4 Å². The number of amides is 2. The highest BCUT2D eigenvalue weighted by atomic mass is 16.6. The Kier molecular flexibility index (Phi) is 8.74. The van der Waals surface area contributed by atoms with E-state index in [9.17, 15) is 19.7 Å². The Morgan fingerprint density at radius 2 is 1.77 bits per heavy atom. The van der Waals surface area contributed by atoms with E-state index in [1.807, 2.05) is 60.3 Å². The number of aromatic nitrogens is 1. The van der Waals surface area contributed by atoms with Gasteiger partial charge in [-0.25, -0.2) is 0 Å². The number of rotatable bonds is 11. The zero-order chi connectivity index (χ0) is 25.4. The lowest BCUT2D eigenvalue weighted by Crippen LogP contribution is -2.44. The van der Waals surface area contributed by atoms with Gasteiger partial charge in [-0.05, 0) is 30.7 Å². The van der Waals surface area contributed by atoms with Gasteiger partial charge in [0, 0.05) is 56.3 Å². The molecule has 0 fully saturated rings. The van der Waals surface area contributed by atoms with E-state index in [-0.39, 0.29) is 36.9 Å². The van der Waals surface area contributed by atoms with Crippen LogP contribution in [0.3, 0.4) is 0 Å². The fourth-order valence-electron chi connectivity index (χ4n) is 3.73. The van der Waals surface area contributed by atoms with Crippen LogP contribution < -0.4 is 0 Å². The molecular weight excluding hydrogens is 448 g/mol. The largest absolute Gasteiger partial charge is 0.383 e. The first kappa shape index (κ1) is 25.6. The van der Waals surface area contributed by atoms with Crippen LogP contribution in [-0.4, -0.2) is 57.9 Å². The van der Waals surface area contributed by atoms with E-state index >= 15 is 0 Å². The number of benzene rings is 2. The van der Waals surface area contributed by atoms with Crippen LogP contribution in [0.25, 0.3) is 0 Å². The van der Waals surface area contributed by atoms with Gasteiger partial charge in [-0.3, -0.25) is 19.7 Å². The highest BCUT2D eigenvalue weighted by Crippen LogP contribution is 2.21. The summed E-state index contributed by atoms with van der Waals surface area (Å²) in [5.41, 5.74) is 2.41. The maximum Gasteiger partial charge on any atom is 0.273 e. The topological polar surface area (TPSA) is 97.9 Å². The molecule has 1 heterocycles. The number of carbonyl (C=O) groups is 2. The van der Waals surface area contributed by atoms with Crippen molar-refractivity contribution in [2.75, 3.05) is 26.8 Å². The summed E-state index contributed by atoms with van der Waals surface area (Å²) in [4.78, 5) is 40.7. The Balaban J connectivity index is 1.85. The molecule has 9 nitrogen and oxygen atoms in total. The first-order valence-electron chi connectivity index (χ1n) is 11.2. The summed E-state index contributed by atoms with van der Waals surface area (Å²) >= 11 is 0. The molecule has 3 aromatic rings. The fourth-order valence-corrected chi connectivity index (χ4v) is 3.73. The van der Waals surface area contributed by atoms with Gasteiger partial charge in [0.2, 0.25) is 5.91 Å². The maximum absolute atomic E-state index is 13.5. The number of hydrogen-bond acceptors (Lipinski definition) is 5. The highest BCUT2D eigenvalue weighted by Gasteiger charge is 2.25. The number of nitro benzene ring substituents is 1. The van der Waals surface area contributed by atoms with E-state index in [4.69, 9.17) is 4.74 Å². The number of methoxy groups -OCH3 is 1. The van der Waals surface area contributed by atoms with Gasteiger partial charge in [-0.2, -0.15) is 0 Å². The number of nitro groups is 1. The third kappa shape index (κ3) is 6.77. The minimum absolute atomic E-state index is 0.136. The zero-order valence-electron chi connectivity index (χ0n) is 20.2. The van der Waals surface area contributed by atoms with Gasteiger partial charge < -0.3 is 19.1 Å². The quantitative estimate of drug-likeness (QED) is 0.310. The van der Waals surface area contributed by atoms with Gasteiger partial charge in [-0.15, -0.1) is 0 Å². The molecule has 1 aromatic heterocycles. The molecule has 0 spiro atoms. The summed E-state index contributed by atoms with van der Waals surface area (Å²) in [6.45, 7) is 2.59. The van der Waals surface area contributed by atoms with Gasteiger partial charge >= 0.3 is 0 Å². The van der Waals surface area contributed by atoms with Crippen molar-refractivity contribution in [1.29, 1.82) is 0 Å². The van der Waals surface area contributed by atoms with Crippen LogP contribution in [0.2, 0.25) is 0 Å². The summed E-state index contributed by atoms with van der Waals surface area (Å²) in [6, 6.07) is 17.9. The number of ether oxygens (including phenoxy) is 1. The molecule has 2 aromatic carbocycles.